The second kappa shape index (κ2) is 8.35. The number of alkyl halides is 1. The van der Waals surface area contributed by atoms with Crippen molar-refractivity contribution in [2.24, 2.45) is 0 Å². The first-order valence-corrected chi connectivity index (χ1v) is 9.30. The van der Waals surface area contributed by atoms with Crippen molar-refractivity contribution in [1.82, 2.24) is 14.5 Å². The molecule has 0 bridgehead atoms. The molecule has 0 aliphatic heterocycles. The van der Waals surface area contributed by atoms with E-state index in [1.54, 1.807) is 0 Å². The van der Waals surface area contributed by atoms with Gasteiger partial charge in [-0.15, -0.1) is 11.6 Å². The lowest BCUT2D eigenvalue weighted by atomic mass is 10.1. The number of nitrogens with zero attached hydrogens (tertiary/aromatic N) is 3. The maximum absolute atomic E-state index is 14.6. The molecule has 3 aromatic rings. The minimum atomic E-state index is -0.616. The summed E-state index contributed by atoms with van der Waals surface area (Å²) in [5.74, 6) is -0.0124. The number of unbranched alkanes of at least 4 members (excludes halogenated alkanes) is 1. The first kappa shape index (κ1) is 19.1. The van der Waals surface area contributed by atoms with Crippen molar-refractivity contribution < 1.29 is 4.39 Å². The Bertz CT molecular complexity index is 1000. The second-order valence-corrected chi connectivity index (χ2v) is 6.56. The number of anilines is 2. The predicted octanol–water partition coefficient (Wildman–Crippen LogP) is 3.51. The van der Waals surface area contributed by atoms with Gasteiger partial charge in [0.15, 0.2) is 5.82 Å². The van der Waals surface area contributed by atoms with Crippen LogP contribution in [-0.2, 0) is 12.4 Å². The molecule has 0 spiro atoms. The van der Waals surface area contributed by atoms with E-state index in [0.29, 0.717) is 12.4 Å². The molecule has 0 saturated heterocycles. The first-order chi connectivity index (χ1) is 13.0. The van der Waals surface area contributed by atoms with E-state index in [4.69, 9.17) is 17.3 Å². The molecule has 3 N–H and O–H groups in total. The monoisotopic (exact) mass is 389 g/mol. The summed E-state index contributed by atoms with van der Waals surface area (Å²) in [4.78, 5) is 21.0. The molecule has 0 atom stereocenters. The van der Waals surface area contributed by atoms with Crippen molar-refractivity contribution in [1.29, 1.82) is 0 Å². The zero-order chi connectivity index (χ0) is 19.4. The molecule has 2 heterocycles. The maximum Gasteiger partial charge on any atom is 0.264 e. The molecule has 8 heteroatoms. The van der Waals surface area contributed by atoms with Gasteiger partial charge in [0, 0.05) is 18.6 Å². The molecule has 27 heavy (non-hydrogen) atoms. The Morgan fingerprint density at radius 1 is 1.22 bits per heavy atom. The number of fused-ring (bicyclic) bond motifs is 1. The largest absolute Gasteiger partial charge is 0.369 e. The molecule has 0 amide bonds. The van der Waals surface area contributed by atoms with Gasteiger partial charge in [0.2, 0.25) is 5.95 Å². The summed E-state index contributed by atoms with van der Waals surface area (Å²) in [6, 6.07) is 7.50. The van der Waals surface area contributed by atoms with E-state index in [-0.39, 0.29) is 34.8 Å². The molecule has 2 aromatic heterocycles. The van der Waals surface area contributed by atoms with Crippen LogP contribution in [0, 0.1) is 5.82 Å². The predicted molar refractivity (Wildman–Crippen MR) is 107 cm³/mol. The molecule has 142 valence electrons. The number of nitrogens with two attached hydrogens (primary N) is 1. The summed E-state index contributed by atoms with van der Waals surface area (Å²) in [7, 11) is 0. The number of halogens is 2. The highest BCUT2D eigenvalue weighted by Crippen LogP contribution is 2.21. The fraction of sp³-hybridized carbons (Fsp3) is 0.316. The van der Waals surface area contributed by atoms with E-state index in [1.165, 1.54) is 4.57 Å². The molecular formula is C19H21ClFN5O. The van der Waals surface area contributed by atoms with Gasteiger partial charge in [-0.3, -0.25) is 4.79 Å². The SMILES string of the molecule is CCCCNc1nc(N)nc2c(F)cn(Cc3ccc(CCl)cc3)c(=O)c12. The van der Waals surface area contributed by atoms with E-state index in [1.807, 2.05) is 24.3 Å². The van der Waals surface area contributed by atoms with E-state index in [9.17, 15) is 9.18 Å². The molecule has 0 aliphatic rings. The van der Waals surface area contributed by atoms with Gasteiger partial charge in [0.25, 0.3) is 5.56 Å². The summed E-state index contributed by atoms with van der Waals surface area (Å²) in [6.07, 6.45) is 3.02. The normalized spacial score (nSPS) is 11.1. The second-order valence-electron chi connectivity index (χ2n) is 6.29. The lowest BCUT2D eigenvalue weighted by molar-refractivity contribution is 0.606. The van der Waals surface area contributed by atoms with Crippen LogP contribution in [-0.4, -0.2) is 21.1 Å². The Morgan fingerprint density at radius 2 is 1.93 bits per heavy atom. The Labute approximate surface area is 161 Å². The van der Waals surface area contributed by atoms with Crippen LogP contribution >= 0.6 is 11.6 Å². The number of aromatic nitrogens is 3. The van der Waals surface area contributed by atoms with Crippen LogP contribution in [0.5, 0.6) is 0 Å². The number of hydrogen-bond donors (Lipinski definition) is 2. The van der Waals surface area contributed by atoms with Gasteiger partial charge in [-0.1, -0.05) is 37.6 Å². The van der Waals surface area contributed by atoms with Gasteiger partial charge in [-0.05, 0) is 17.5 Å². The first-order valence-electron chi connectivity index (χ1n) is 8.77. The number of pyridine rings is 1. The van der Waals surface area contributed by atoms with Crippen molar-refractivity contribution in [3.05, 3.63) is 57.8 Å². The maximum atomic E-state index is 14.6. The molecular weight excluding hydrogens is 369 g/mol. The van der Waals surface area contributed by atoms with Crippen molar-refractivity contribution in [3.63, 3.8) is 0 Å². The topological polar surface area (TPSA) is 85.8 Å². The summed E-state index contributed by atoms with van der Waals surface area (Å²) in [5, 5.41) is 3.19. The molecule has 3 rings (SSSR count). The minimum absolute atomic E-state index is 0.0692. The third-order valence-corrected chi connectivity index (χ3v) is 4.56. The summed E-state index contributed by atoms with van der Waals surface area (Å²) in [5.41, 5.74) is 7.09. The van der Waals surface area contributed by atoms with Gasteiger partial charge in [0.05, 0.1) is 6.54 Å². The lowest BCUT2D eigenvalue weighted by Crippen LogP contribution is -2.23. The fourth-order valence-corrected chi connectivity index (χ4v) is 2.99. The number of rotatable bonds is 7. The molecule has 0 saturated carbocycles. The number of nitrogens with one attached hydrogen (secondary N) is 1. The van der Waals surface area contributed by atoms with Gasteiger partial charge < -0.3 is 15.6 Å². The van der Waals surface area contributed by atoms with Crippen LogP contribution in [0.3, 0.4) is 0 Å². The molecule has 0 fully saturated rings. The zero-order valence-corrected chi connectivity index (χ0v) is 15.8. The highest BCUT2D eigenvalue weighted by Gasteiger charge is 2.16. The van der Waals surface area contributed by atoms with Gasteiger partial charge in [-0.2, -0.15) is 4.98 Å². The smallest absolute Gasteiger partial charge is 0.264 e. The highest BCUT2D eigenvalue weighted by atomic mass is 35.5. The van der Waals surface area contributed by atoms with Crippen molar-refractivity contribution in [2.75, 3.05) is 17.6 Å². The standard InChI is InChI=1S/C19H21ClFN5O/c1-2-3-8-23-17-15-16(24-19(22)25-17)14(21)11-26(18(15)27)10-13-6-4-12(9-20)5-7-13/h4-7,11H,2-3,8-10H2,1H3,(H3,22,23,24,25). The third kappa shape index (κ3) is 4.19. The van der Waals surface area contributed by atoms with Crippen LogP contribution in [0.2, 0.25) is 0 Å². The Morgan fingerprint density at radius 3 is 2.59 bits per heavy atom. The van der Waals surface area contributed by atoms with Gasteiger partial charge in [0.1, 0.15) is 16.7 Å². The highest BCUT2D eigenvalue weighted by molar-refractivity contribution is 6.17. The summed E-state index contributed by atoms with van der Waals surface area (Å²) >= 11 is 5.80. The molecule has 0 radical (unpaired) electrons. The molecule has 0 unspecified atom stereocenters. The Balaban J connectivity index is 2.06. The van der Waals surface area contributed by atoms with Crippen LogP contribution < -0.4 is 16.6 Å². The van der Waals surface area contributed by atoms with E-state index < -0.39 is 5.82 Å². The molecule has 6 nitrogen and oxygen atoms in total. The Hall–Kier alpha value is -2.67. The van der Waals surface area contributed by atoms with Gasteiger partial charge >= 0.3 is 0 Å². The number of nitrogen functional groups attached to an aromatic ring is 1. The van der Waals surface area contributed by atoms with E-state index in [0.717, 1.165) is 30.2 Å². The van der Waals surface area contributed by atoms with Crippen LogP contribution in [0.25, 0.3) is 10.9 Å². The molecule has 1 aromatic carbocycles. The summed E-state index contributed by atoms with van der Waals surface area (Å²) in [6.45, 7) is 2.89. The van der Waals surface area contributed by atoms with Crippen molar-refractivity contribution in [3.8, 4) is 0 Å². The minimum Gasteiger partial charge on any atom is -0.369 e. The van der Waals surface area contributed by atoms with E-state index in [2.05, 4.69) is 22.2 Å². The quantitative estimate of drug-likeness (QED) is 0.477. The molecule has 0 aliphatic carbocycles. The number of benzene rings is 1. The lowest BCUT2D eigenvalue weighted by Gasteiger charge is -2.12. The van der Waals surface area contributed by atoms with Crippen molar-refractivity contribution in [2.45, 2.75) is 32.2 Å². The zero-order valence-electron chi connectivity index (χ0n) is 15.0. The van der Waals surface area contributed by atoms with Gasteiger partial charge in [-0.25, -0.2) is 9.37 Å². The third-order valence-electron chi connectivity index (χ3n) is 4.25. The van der Waals surface area contributed by atoms with Crippen molar-refractivity contribution >= 4 is 34.3 Å². The van der Waals surface area contributed by atoms with Crippen LogP contribution in [0.4, 0.5) is 16.2 Å². The van der Waals surface area contributed by atoms with Crippen LogP contribution in [0.15, 0.2) is 35.3 Å². The summed E-state index contributed by atoms with van der Waals surface area (Å²) < 4.78 is 16.0. The van der Waals surface area contributed by atoms with Crippen LogP contribution in [0.1, 0.15) is 30.9 Å². The average Bonchev–Trinajstić information content (AvgIpc) is 2.66. The number of hydrogen-bond acceptors (Lipinski definition) is 5. The fourth-order valence-electron chi connectivity index (χ4n) is 2.81. The average molecular weight is 390 g/mol. The van der Waals surface area contributed by atoms with E-state index >= 15 is 0 Å². The Kier molecular flexibility index (Phi) is 5.91.